The lowest BCUT2D eigenvalue weighted by Gasteiger charge is -2.28. The van der Waals surface area contributed by atoms with E-state index in [-0.39, 0.29) is 22.0 Å². The molecule has 6 heteroatoms. The molecule has 73 heavy (non-hydrogen) atoms. The average molecular weight is 951 g/mol. The number of phenols is 1. The van der Waals surface area contributed by atoms with E-state index in [1.807, 2.05) is 48.5 Å². The predicted molar refractivity (Wildman–Crippen MR) is 301 cm³/mol. The summed E-state index contributed by atoms with van der Waals surface area (Å²) < 4.78 is 9.29. The van der Waals surface area contributed by atoms with Crippen LogP contribution in [-0.2, 0) is 16.2 Å². The van der Waals surface area contributed by atoms with Crippen LogP contribution >= 0.6 is 0 Å². The lowest BCUT2D eigenvalue weighted by molar-refractivity contribution is 0.446. The average Bonchev–Trinajstić information content (AvgIpc) is 3.97. The Morgan fingerprint density at radius 2 is 1.16 bits per heavy atom. The van der Waals surface area contributed by atoms with E-state index in [0.29, 0.717) is 28.1 Å². The van der Waals surface area contributed by atoms with Crippen molar-refractivity contribution in [3.8, 4) is 84.7 Å². The van der Waals surface area contributed by atoms with Crippen molar-refractivity contribution in [2.75, 3.05) is 0 Å². The molecule has 8 aromatic carbocycles. The minimum atomic E-state index is -0.365. The van der Waals surface area contributed by atoms with Gasteiger partial charge in [0.05, 0.1) is 39.6 Å². The maximum absolute atomic E-state index is 12.7. The van der Waals surface area contributed by atoms with E-state index >= 15 is 0 Å². The minimum Gasteiger partial charge on any atom is -0.507 e. The van der Waals surface area contributed by atoms with Crippen LogP contribution in [0.25, 0.3) is 106 Å². The molecule has 0 saturated heterocycles. The SMILES string of the molecule is CC(C)(C)c1ccc(-n2c(-c3cc(C(C)(C)C)cc(C(C)(C)C)c3O)nc3c(-c4cc(-c5ccccn5)c5oc6c(-c7ccc(-c8ccccc8)cc7)c(C#N)ccc6c5c4)cccc32)c(-c2ccccc2)c1. The number of hydrogen-bond acceptors (Lipinski definition) is 5. The number of imidazole rings is 1. The zero-order chi connectivity index (χ0) is 51.0. The molecule has 0 aliphatic rings. The van der Waals surface area contributed by atoms with Crippen molar-refractivity contribution >= 4 is 33.0 Å². The van der Waals surface area contributed by atoms with Crippen LogP contribution in [0.3, 0.4) is 0 Å². The standard InChI is InChI=1S/C67H58N4O2/c1-65(2,3)47-31-33-57(51(37-47)43-21-14-11-15-22-43)71-58-25-18-23-49(60(58)70-64(71)54-38-48(66(4,5)6)39-55(61(54)72)67(7,8)9)46-35-52-50-32-30-45(40-68)59(44-28-26-42(27-29-44)41-19-12-10-13-20-41)63(50)73-62(52)53(36-46)56-24-16-17-34-69-56/h10-39,72H,1-9H3. The lowest BCUT2D eigenvalue weighted by atomic mass is 9.79. The summed E-state index contributed by atoms with van der Waals surface area (Å²) in [5, 5.41) is 25.0. The first-order valence-corrected chi connectivity index (χ1v) is 25.1. The summed E-state index contributed by atoms with van der Waals surface area (Å²) in [4.78, 5) is 10.6. The Bertz CT molecular complexity index is 3950. The number of rotatable bonds is 7. The molecule has 0 unspecified atom stereocenters. The second-order valence-corrected chi connectivity index (χ2v) is 22.3. The molecule has 0 aliphatic heterocycles. The Balaban J connectivity index is 1.21. The summed E-state index contributed by atoms with van der Waals surface area (Å²) in [7, 11) is 0. The lowest BCUT2D eigenvalue weighted by Crippen LogP contribution is -2.17. The summed E-state index contributed by atoms with van der Waals surface area (Å²) in [6.07, 6.45) is 1.80. The fraction of sp³-hybridized carbons (Fsp3) is 0.179. The molecule has 0 saturated carbocycles. The normalized spacial score (nSPS) is 12.2. The molecule has 358 valence electrons. The summed E-state index contributed by atoms with van der Waals surface area (Å²) in [6.45, 7) is 19.9. The number of benzene rings is 8. The van der Waals surface area contributed by atoms with Gasteiger partial charge in [-0.3, -0.25) is 9.55 Å². The van der Waals surface area contributed by atoms with Gasteiger partial charge in [-0.15, -0.1) is 0 Å². The van der Waals surface area contributed by atoms with Crippen LogP contribution in [-0.4, -0.2) is 19.6 Å². The van der Waals surface area contributed by atoms with Gasteiger partial charge in [-0.05, 0) is 116 Å². The zero-order valence-corrected chi connectivity index (χ0v) is 43.0. The van der Waals surface area contributed by atoms with Gasteiger partial charge in [0, 0.05) is 44.8 Å². The number of pyridine rings is 1. The van der Waals surface area contributed by atoms with E-state index in [9.17, 15) is 10.4 Å². The van der Waals surface area contributed by atoms with E-state index < -0.39 is 0 Å². The first-order valence-electron chi connectivity index (χ1n) is 25.1. The molecule has 3 heterocycles. The van der Waals surface area contributed by atoms with Gasteiger partial charge in [-0.1, -0.05) is 178 Å². The zero-order valence-electron chi connectivity index (χ0n) is 43.0. The highest BCUT2D eigenvalue weighted by Crippen LogP contribution is 2.48. The molecule has 0 aliphatic carbocycles. The second-order valence-electron chi connectivity index (χ2n) is 22.3. The highest BCUT2D eigenvalue weighted by atomic mass is 16.3. The fourth-order valence-corrected chi connectivity index (χ4v) is 10.3. The van der Waals surface area contributed by atoms with Crippen molar-refractivity contribution in [1.82, 2.24) is 14.5 Å². The van der Waals surface area contributed by atoms with Crippen LogP contribution in [0.5, 0.6) is 5.75 Å². The Labute approximate surface area is 427 Å². The van der Waals surface area contributed by atoms with E-state index in [1.165, 1.54) is 5.56 Å². The van der Waals surface area contributed by atoms with Gasteiger partial charge < -0.3 is 9.52 Å². The molecule has 6 nitrogen and oxygen atoms in total. The van der Waals surface area contributed by atoms with Gasteiger partial charge in [-0.25, -0.2) is 4.98 Å². The molecule has 0 bridgehead atoms. The monoisotopic (exact) mass is 950 g/mol. The van der Waals surface area contributed by atoms with Gasteiger partial charge in [0.15, 0.2) is 0 Å². The van der Waals surface area contributed by atoms with Crippen LogP contribution in [0.15, 0.2) is 187 Å². The maximum atomic E-state index is 12.7. The van der Waals surface area contributed by atoms with E-state index in [4.69, 9.17) is 14.4 Å². The van der Waals surface area contributed by atoms with Crippen LogP contribution < -0.4 is 0 Å². The van der Waals surface area contributed by atoms with Crippen molar-refractivity contribution in [3.63, 3.8) is 0 Å². The highest BCUT2D eigenvalue weighted by Gasteiger charge is 2.30. The van der Waals surface area contributed by atoms with Gasteiger partial charge in [0.25, 0.3) is 0 Å². The summed E-state index contributed by atoms with van der Waals surface area (Å²) in [5.41, 5.74) is 17.0. The van der Waals surface area contributed by atoms with Crippen molar-refractivity contribution in [1.29, 1.82) is 5.26 Å². The molecule has 3 aromatic heterocycles. The van der Waals surface area contributed by atoms with Gasteiger partial charge in [0.1, 0.15) is 22.7 Å². The van der Waals surface area contributed by atoms with Crippen molar-refractivity contribution in [2.45, 2.75) is 78.6 Å². The number of aromatic nitrogens is 3. The molecule has 0 atom stereocenters. The highest BCUT2D eigenvalue weighted by molar-refractivity contribution is 6.15. The molecular weight excluding hydrogens is 893 g/mol. The van der Waals surface area contributed by atoms with E-state index in [1.54, 1.807) is 6.20 Å². The maximum Gasteiger partial charge on any atom is 0.149 e. The van der Waals surface area contributed by atoms with E-state index in [2.05, 4.69) is 200 Å². The van der Waals surface area contributed by atoms with Gasteiger partial charge in [0.2, 0.25) is 0 Å². The molecule has 0 fully saturated rings. The smallest absolute Gasteiger partial charge is 0.149 e. The Kier molecular flexibility index (Phi) is 11.3. The predicted octanol–water partition coefficient (Wildman–Crippen LogP) is 17.8. The summed E-state index contributed by atoms with van der Waals surface area (Å²) in [6, 6.07) is 63.3. The van der Waals surface area contributed by atoms with Gasteiger partial charge >= 0.3 is 0 Å². The Hall–Kier alpha value is -8.53. The van der Waals surface area contributed by atoms with Crippen molar-refractivity contribution in [2.24, 2.45) is 0 Å². The summed E-state index contributed by atoms with van der Waals surface area (Å²) >= 11 is 0. The van der Waals surface area contributed by atoms with Crippen LogP contribution in [0.4, 0.5) is 0 Å². The first kappa shape index (κ1) is 46.8. The topological polar surface area (TPSA) is 87.9 Å². The number of aromatic hydroxyl groups is 1. The number of para-hydroxylation sites is 1. The molecular formula is C67H58N4O2. The van der Waals surface area contributed by atoms with Crippen LogP contribution in [0, 0.1) is 11.3 Å². The third kappa shape index (κ3) is 8.35. The number of furan rings is 1. The number of nitrogens with zero attached hydrogens (tertiary/aromatic N) is 4. The van der Waals surface area contributed by atoms with Crippen molar-refractivity contribution in [3.05, 3.63) is 204 Å². The minimum absolute atomic E-state index is 0.110. The van der Waals surface area contributed by atoms with E-state index in [0.717, 1.165) is 94.4 Å². The molecule has 1 N–H and O–H groups in total. The van der Waals surface area contributed by atoms with Gasteiger partial charge in [-0.2, -0.15) is 5.26 Å². The molecule has 11 aromatic rings. The first-order chi connectivity index (χ1) is 35.0. The van der Waals surface area contributed by atoms with Crippen molar-refractivity contribution < 1.29 is 9.52 Å². The third-order valence-corrected chi connectivity index (χ3v) is 14.3. The summed E-state index contributed by atoms with van der Waals surface area (Å²) in [5.74, 6) is 0.862. The second kappa shape index (κ2) is 17.6. The number of hydrogen-bond donors (Lipinski definition) is 1. The molecule has 11 rings (SSSR count). The quantitative estimate of drug-likeness (QED) is 0.172. The Morgan fingerprint density at radius 3 is 1.82 bits per heavy atom. The molecule has 0 amide bonds. The number of nitriles is 1. The molecule has 0 radical (unpaired) electrons. The number of fused-ring (bicyclic) bond motifs is 4. The number of phenolic OH excluding ortho intramolecular Hbond substituents is 1. The van der Waals surface area contributed by atoms with Crippen LogP contribution in [0.1, 0.15) is 84.6 Å². The van der Waals surface area contributed by atoms with Crippen LogP contribution in [0.2, 0.25) is 0 Å². The molecule has 0 spiro atoms. The Morgan fingerprint density at radius 1 is 0.507 bits per heavy atom. The fourth-order valence-electron chi connectivity index (χ4n) is 10.3. The third-order valence-electron chi connectivity index (χ3n) is 14.3. The largest absolute Gasteiger partial charge is 0.507 e.